The van der Waals surface area contributed by atoms with E-state index in [9.17, 15) is 14.4 Å². The van der Waals surface area contributed by atoms with E-state index in [1.165, 1.54) is 12.1 Å². The Labute approximate surface area is 148 Å². The molecule has 26 heavy (non-hydrogen) atoms. The lowest BCUT2D eigenvalue weighted by molar-refractivity contribution is -0.167. The molecule has 3 aromatic rings. The van der Waals surface area contributed by atoms with Gasteiger partial charge in [-0.1, -0.05) is 42.3 Å². The molecule has 0 saturated heterocycles. The molecular formula is C20H15NO5. The maximum atomic E-state index is 12.4. The quantitative estimate of drug-likeness (QED) is 0.676. The minimum atomic E-state index is -0.694. The molecule has 0 spiro atoms. The van der Waals surface area contributed by atoms with Crippen LogP contribution in [-0.2, 0) is 22.5 Å². The van der Waals surface area contributed by atoms with Crippen LogP contribution in [0.25, 0.3) is 11.0 Å². The Bertz CT molecular complexity index is 1010. The van der Waals surface area contributed by atoms with E-state index in [0.29, 0.717) is 28.4 Å². The van der Waals surface area contributed by atoms with Crippen LogP contribution < -0.4 is 0 Å². The molecule has 130 valence electrons. The van der Waals surface area contributed by atoms with Gasteiger partial charge in [0.25, 0.3) is 11.8 Å². The minimum absolute atomic E-state index is 0.0897. The second-order valence-corrected chi connectivity index (χ2v) is 5.94. The van der Waals surface area contributed by atoms with Crippen molar-refractivity contribution in [3.8, 4) is 0 Å². The number of aryl methyl sites for hydroxylation is 1. The molecule has 1 aliphatic rings. The number of hydroxylamine groups is 2. The molecule has 2 amide bonds. The molecule has 6 heteroatoms. The number of amides is 2. The van der Waals surface area contributed by atoms with Crippen molar-refractivity contribution in [2.45, 2.75) is 19.8 Å². The Morgan fingerprint density at radius 1 is 1.00 bits per heavy atom. The molecule has 2 aromatic carbocycles. The molecule has 4 rings (SSSR count). The van der Waals surface area contributed by atoms with Crippen molar-refractivity contribution in [2.75, 3.05) is 0 Å². The second kappa shape index (κ2) is 6.15. The van der Waals surface area contributed by atoms with Crippen LogP contribution in [0, 0.1) is 0 Å². The molecular weight excluding hydrogens is 334 g/mol. The van der Waals surface area contributed by atoms with E-state index in [4.69, 9.17) is 9.25 Å². The van der Waals surface area contributed by atoms with E-state index in [1.807, 2.05) is 31.2 Å². The van der Waals surface area contributed by atoms with Crippen LogP contribution in [0.4, 0.5) is 0 Å². The van der Waals surface area contributed by atoms with Gasteiger partial charge in [0.2, 0.25) is 0 Å². The molecule has 0 bridgehead atoms. The highest BCUT2D eigenvalue weighted by Gasteiger charge is 2.38. The van der Waals surface area contributed by atoms with Crippen molar-refractivity contribution in [2.24, 2.45) is 0 Å². The summed E-state index contributed by atoms with van der Waals surface area (Å²) in [6, 6.07) is 13.8. The molecule has 1 aromatic heterocycles. The number of rotatable bonds is 4. The lowest BCUT2D eigenvalue weighted by Crippen LogP contribution is -2.33. The summed E-state index contributed by atoms with van der Waals surface area (Å²) >= 11 is 0. The first-order valence-corrected chi connectivity index (χ1v) is 8.28. The lowest BCUT2D eigenvalue weighted by Gasteiger charge is -2.12. The van der Waals surface area contributed by atoms with E-state index < -0.39 is 17.8 Å². The highest BCUT2D eigenvalue weighted by atomic mass is 16.7. The van der Waals surface area contributed by atoms with Gasteiger partial charge in [-0.25, -0.2) is 4.79 Å². The summed E-state index contributed by atoms with van der Waals surface area (Å²) in [6.07, 6.45) is 0.526. The molecule has 0 fully saturated rings. The topological polar surface area (TPSA) is 76.8 Å². The first kappa shape index (κ1) is 16.1. The van der Waals surface area contributed by atoms with Gasteiger partial charge in [0.05, 0.1) is 17.5 Å². The number of benzene rings is 2. The molecule has 0 radical (unpaired) electrons. The average molecular weight is 349 g/mol. The maximum Gasteiger partial charge on any atom is 0.337 e. The van der Waals surface area contributed by atoms with Crippen molar-refractivity contribution in [1.82, 2.24) is 5.06 Å². The van der Waals surface area contributed by atoms with Crippen molar-refractivity contribution < 1.29 is 23.6 Å². The fourth-order valence-corrected chi connectivity index (χ4v) is 3.16. The highest BCUT2D eigenvalue weighted by Crippen LogP contribution is 2.28. The zero-order valence-electron chi connectivity index (χ0n) is 14.0. The van der Waals surface area contributed by atoms with Crippen LogP contribution in [0.2, 0.25) is 0 Å². The van der Waals surface area contributed by atoms with Gasteiger partial charge in [-0.15, -0.1) is 0 Å². The summed E-state index contributed by atoms with van der Waals surface area (Å²) in [5, 5.41) is 1.35. The Hall–Kier alpha value is -3.41. The number of fused-ring (bicyclic) bond motifs is 2. The summed E-state index contributed by atoms with van der Waals surface area (Å²) in [4.78, 5) is 42.1. The molecule has 6 nitrogen and oxygen atoms in total. The molecule has 1 aliphatic heterocycles. The van der Waals surface area contributed by atoms with Crippen LogP contribution in [0.1, 0.15) is 39.0 Å². The van der Waals surface area contributed by atoms with Crippen LogP contribution in [0.5, 0.6) is 0 Å². The standard InChI is InChI=1S/C20H15NO5/c1-2-16-15(12-7-5-6-10-17(12)25-16)11-18(22)26-21-19(23)13-8-3-4-9-14(13)20(21)24/h3-10H,2,11H2,1H3. The predicted molar refractivity (Wildman–Crippen MR) is 92.3 cm³/mol. The SMILES string of the molecule is CCc1oc2ccccc2c1CC(=O)ON1C(=O)c2ccccc2C1=O. The van der Waals surface area contributed by atoms with E-state index >= 15 is 0 Å². The first-order chi connectivity index (χ1) is 12.6. The molecule has 0 atom stereocenters. The number of hydrogen-bond donors (Lipinski definition) is 0. The Morgan fingerprint density at radius 2 is 1.62 bits per heavy atom. The number of carbonyl (C=O) groups is 3. The minimum Gasteiger partial charge on any atom is -0.461 e. The monoisotopic (exact) mass is 349 g/mol. The molecule has 0 unspecified atom stereocenters. The Balaban J connectivity index is 1.58. The normalized spacial score (nSPS) is 13.3. The number of para-hydroxylation sites is 1. The zero-order valence-corrected chi connectivity index (χ0v) is 14.0. The maximum absolute atomic E-state index is 12.4. The van der Waals surface area contributed by atoms with Gasteiger partial charge in [0.15, 0.2) is 0 Å². The van der Waals surface area contributed by atoms with E-state index in [-0.39, 0.29) is 17.5 Å². The highest BCUT2D eigenvalue weighted by molar-refractivity contribution is 6.20. The predicted octanol–water partition coefficient (Wildman–Crippen LogP) is 3.29. The van der Waals surface area contributed by atoms with Gasteiger partial charge in [0.1, 0.15) is 11.3 Å². The van der Waals surface area contributed by atoms with Gasteiger partial charge in [-0.2, -0.15) is 0 Å². The Morgan fingerprint density at radius 3 is 2.27 bits per heavy atom. The van der Waals surface area contributed by atoms with E-state index in [1.54, 1.807) is 12.1 Å². The largest absolute Gasteiger partial charge is 0.461 e. The smallest absolute Gasteiger partial charge is 0.337 e. The number of hydrogen-bond acceptors (Lipinski definition) is 5. The average Bonchev–Trinajstić information content (AvgIpc) is 3.13. The summed E-state index contributed by atoms with van der Waals surface area (Å²) in [5.41, 5.74) is 1.86. The lowest BCUT2D eigenvalue weighted by atomic mass is 10.1. The van der Waals surface area contributed by atoms with Gasteiger partial charge < -0.3 is 9.25 Å². The molecule has 0 saturated carbocycles. The van der Waals surface area contributed by atoms with E-state index in [2.05, 4.69) is 0 Å². The molecule has 2 heterocycles. The van der Waals surface area contributed by atoms with Crippen molar-refractivity contribution in [1.29, 1.82) is 0 Å². The summed E-state index contributed by atoms with van der Waals surface area (Å²) in [6.45, 7) is 1.93. The number of nitrogens with zero attached hydrogens (tertiary/aromatic N) is 1. The van der Waals surface area contributed by atoms with Crippen molar-refractivity contribution in [3.05, 3.63) is 71.0 Å². The number of carbonyl (C=O) groups excluding carboxylic acids is 3. The third-order valence-corrected chi connectivity index (χ3v) is 4.37. The van der Waals surface area contributed by atoms with Crippen LogP contribution in [0.15, 0.2) is 52.9 Å². The van der Waals surface area contributed by atoms with Crippen LogP contribution in [0.3, 0.4) is 0 Å². The fraction of sp³-hybridized carbons (Fsp3) is 0.150. The molecule has 0 aliphatic carbocycles. The summed E-state index contributed by atoms with van der Waals surface area (Å²) in [5.74, 6) is -1.27. The second-order valence-electron chi connectivity index (χ2n) is 5.94. The first-order valence-electron chi connectivity index (χ1n) is 8.28. The third kappa shape index (κ3) is 2.47. The van der Waals surface area contributed by atoms with Gasteiger partial charge >= 0.3 is 5.97 Å². The number of imide groups is 1. The number of furan rings is 1. The molecule has 0 N–H and O–H groups in total. The van der Waals surface area contributed by atoms with Crippen molar-refractivity contribution in [3.63, 3.8) is 0 Å². The van der Waals surface area contributed by atoms with E-state index in [0.717, 1.165) is 5.39 Å². The van der Waals surface area contributed by atoms with Crippen LogP contribution >= 0.6 is 0 Å². The fourth-order valence-electron chi connectivity index (χ4n) is 3.16. The Kier molecular flexibility index (Phi) is 3.80. The van der Waals surface area contributed by atoms with Gasteiger partial charge in [-0.3, -0.25) is 9.59 Å². The summed E-state index contributed by atoms with van der Waals surface area (Å²) in [7, 11) is 0. The summed E-state index contributed by atoms with van der Waals surface area (Å²) < 4.78 is 5.76. The van der Waals surface area contributed by atoms with Crippen LogP contribution in [-0.4, -0.2) is 22.8 Å². The van der Waals surface area contributed by atoms with Crippen molar-refractivity contribution >= 4 is 28.8 Å². The van der Waals surface area contributed by atoms with Gasteiger partial charge in [-0.05, 0) is 18.2 Å². The van der Waals surface area contributed by atoms with Gasteiger partial charge in [0, 0.05) is 17.4 Å². The third-order valence-electron chi connectivity index (χ3n) is 4.37. The zero-order chi connectivity index (χ0) is 18.3.